The van der Waals surface area contributed by atoms with Gasteiger partial charge in [0.15, 0.2) is 16.4 Å². The highest BCUT2D eigenvalue weighted by atomic mass is 32.2. The van der Waals surface area contributed by atoms with Gasteiger partial charge in [-0.05, 0) is 30.0 Å². The van der Waals surface area contributed by atoms with Gasteiger partial charge in [0.05, 0.1) is 23.5 Å². The Labute approximate surface area is 164 Å². The molecule has 0 unspecified atom stereocenters. The maximum atomic E-state index is 12.0. The zero-order chi connectivity index (χ0) is 20.2. The van der Waals surface area contributed by atoms with Crippen molar-refractivity contribution in [2.75, 3.05) is 18.1 Å². The highest BCUT2D eigenvalue weighted by Crippen LogP contribution is 2.22. The molecule has 6 nitrogen and oxygen atoms in total. The van der Waals surface area contributed by atoms with Crippen molar-refractivity contribution in [3.8, 4) is 11.1 Å². The monoisotopic (exact) mass is 401 g/mol. The summed E-state index contributed by atoms with van der Waals surface area (Å²) in [5, 5.41) is 2.66. The number of sulfone groups is 1. The molecule has 0 bridgehead atoms. The molecule has 3 rings (SSSR count). The third-order valence-electron chi connectivity index (χ3n) is 4.72. The second kappa shape index (κ2) is 8.14. The van der Waals surface area contributed by atoms with Crippen LogP contribution in [0.2, 0.25) is 0 Å². The van der Waals surface area contributed by atoms with Gasteiger partial charge in [-0.1, -0.05) is 54.6 Å². The standard InChI is InChI=1S/C21H23NO5S/c1-21(11-12-28(25,26)15-21)22-19(23)14-27-20(24)13-16-7-9-18(10-8-16)17-5-3-2-4-6-17/h2-10H,11-15H2,1H3,(H,22,23)/t21-/m0/s1. The minimum Gasteiger partial charge on any atom is -0.455 e. The summed E-state index contributed by atoms with van der Waals surface area (Å²) in [6.07, 6.45) is 0.427. The molecular weight excluding hydrogens is 378 g/mol. The maximum Gasteiger partial charge on any atom is 0.310 e. The Kier molecular flexibility index (Phi) is 5.84. The van der Waals surface area contributed by atoms with Crippen molar-refractivity contribution in [3.63, 3.8) is 0 Å². The molecule has 1 amide bonds. The molecule has 1 N–H and O–H groups in total. The Morgan fingerprint density at radius 3 is 2.29 bits per heavy atom. The molecule has 1 aliphatic heterocycles. The van der Waals surface area contributed by atoms with Crippen molar-refractivity contribution in [1.82, 2.24) is 5.32 Å². The van der Waals surface area contributed by atoms with Crippen LogP contribution in [0.3, 0.4) is 0 Å². The number of hydrogen-bond donors (Lipinski definition) is 1. The van der Waals surface area contributed by atoms with E-state index in [-0.39, 0.29) is 17.9 Å². The Bertz CT molecular complexity index is 954. The summed E-state index contributed by atoms with van der Waals surface area (Å²) in [5.41, 5.74) is 2.14. The lowest BCUT2D eigenvalue weighted by atomic mass is 10.0. The van der Waals surface area contributed by atoms with Gasteiger partial charge in [0.25, 0.3) is 5.91 Å². The van der Waals surface area contributed by atoms with E-state index in [2.05, 4.69) is 5.32 Å². The molecule has 0 aromatic heterocycles. The number of hydrogen-bond acceptors (Lipinski definition) is 5. The zero-order valence-electron chi connectivity index (χ0n) is 15.7. The van der Waals surface area contributed by atoms with E-state index in [1.54, 1.807) is 6.92 Å². The fraction of sp³-hybridized carbons (Fsp3) is 0.333. The summed E-state index contributed by atoms with van der Waals surface area (Å²) in [6, 6.07) is 17.5. The van der Waals surface area contributed by atoms with E-state index in [0.29, 0.717) is 6.42 Å². The molecule has 2 aromatic rings. The highest BCUT2D eigenvalue weighted by molar-refractivity contribution is 7.91. The number of carbonyl (C=O) groups is 2. The minimum atomic E-state index is -3.12. The lowest BCUT2D eigenvalue weighted by Gasteiger charge is -2.23. The van der Waals surface area contributed by atoms with Crippen molar-refractivity contribution >= 4 is 21.7 Å². The van der Waals surface area contributed by atoms with Crippen LogP contribution in [0.25, 0.3) is 11.1 Å². The van der Waals surface area contributed by atoms with Crippen LogP contribution in [0.5, 0.6) is 0 Å². The fourth-order valence-electron chi connectivity index (χ4n) is 3.29. The average Bonchev–Trinajstić information content (AvgIpc) is 2.94. The van der Waals surface area contributed by atoms with Crippen LogP contribution >= 0.6 is 0 Å². The van der Waals surface area contributed by atoms with Crippen molar-refractivity contribution in [1.29, 1.82) is 0 Å². The molecule has 1 aliphatic rings. The first-order valence-electron chi connectivity index (χ1n) is 9.06. The van der Waals surface area contributed by atoms with Crippen LogP contribution in [-0.2, 0) is 30.6 Å². The van der Waals surface area contributed by atoms with Gasteiger partial charge in [-0.15, -0.1) is 0 Å². The van der Waals surface area contributed by atoms with E-state index in [1.807, 2.05) is 54.6 Å². The molecule has 1 atom stereocenters. The van der Waals surface area contributed by atoms with Crippen LogP contribution < -0.4 is 5.32 Å². The third kappa shape index (κ3) is 5.42. The molecule has 1 heterocycles. The zero-order valence-corrected chi connectivity index (χ0v) is 16.5. The summed E-state index contributed by atoms with van der Waals surface area (Å²) in [5.74, 6) is -1.03. The second-order valence-corrected chi connectivity index (χ2v) is 9.54. The Morgan fingerprint density at radius 2 is 1.68 bits per heavy atom. The number of esters is 1. The van der Waals surface area contributed by atoms with Gasteiger partial charge < -0.3 is 10.1 Å². The predicted molar refractivity (Wildman–Crippen MR) is 106 cm³/mol. The number of nitrogens with one attached hydrogen (secondary N) is 1. The number of rotatable bonds is 6. The minimum absolute atomic E-state index is 0.0581. The quantitative estimate of drug-likeness (QED) is 0.749. The van der Waals surface area contributed by atoms with Gasteiger partial charge in [-0.2, -0.15) is 0 Å². The van der Waals surface area contributed by atoms with Gasteiger partial charge in [-0.3, -0.25) is 9.59 Å². The summed E-state index contributed by atoms with van der Waals surface area (Å²) in [7, 11) is -3.12. The summed E-state index contributed by atoms with van der Waals surface area (Å²) >= 11 is 0. The molecule has 7 heteroatoms. The topological polar surface area (TPSA) is 89.5 Å². The highest BCUT2D eigenvalue weighted by Gasteiger charge is 2.39. The third-order valence-corrected chi connectivity index (χ3v) is 6.62. The Hall–Kier alpha value is -2.67. The first kappa shape index (κ1) is 20.1. The van der Waals surface area contributed by atoms with Crippen molar-refractivity contribution < 1.29 is 22.7 Å². The molecule has 0 spiro atoms. The Morgan fingerprint density at radius 1 is 1.04 bits per heavy atom. The van der Waals surface area contributed by atoms with Crippen molar-refractivity contribution in [2.24, 2.45) is 0 Å². The molecule has 1 fully saturated rings. The number of ether oxygens (including phenoxy) is 1. The van der Waals surface area contributed by atoms with Gasteiger partial charge in [0.1, 0.15) is 0 Å². The van der Waals surface area contributed by atoms with Crippen LogP contribution in [0.1, 0.15) is 18.9 Å². The molecular formula is C21H23NO5S. The first-order chi connectivity index (χ1) is 13.2. The van der Waals surface area contributed by atoms with Crippen LogP contribution in [-0.4, -0.2) is 43.9 Å². The van der Waals surface area contributed by atoms with E-state index in [4.69, 9.17) is 4.74 Å². The lowest BCUT2D eigenvalue weighted by molar-refractivity contribution is -0.148. The maximum absolute atomic E-state index is 12.0. The van der Waals surface area contributed by atoms with E-state index >= 15 is 0 Å². The van der Waals surface area contributed by atoms with Crippen LogP contribution in [0.4, 0.5) is 0 Å². The summed E-state index contributed by atoms with van der Waals surface area (Å²) in [6.45, 7) is 1.27. The van der Waals surface area contributed by atoms with Gasteiger partial charge in [-0.25, -0.2) is 8.42 Å². The fourth-order valence-corrected chi connectivity index (χ4v) is 5.38. The SMILES string of the molecule is C[C@]1(NC(=O)COC(=O)Cc2ccc(-c3ccccc3)cc2)CCS(=O)(=O)C1. The average molecular weight is 401 g/mol. The summed E-state index contributed by atoms with van der Waals surface area (Å²) in [4.78, 5) is 24.0. The number of carbonyl (C=O) groups excluding carboxylic acids is 2. The van der Waals surface area contributed by atoms with Crippen LogP contribution in [0.15, 0.2) is 54.6 Å². The molecule has 2 aromatic carbocycles. The molecule has 28 heavy (non-hydrogen) atoms. The van der Waals surface area contributed by atoms with Crippen LogP contribution in [0, 0.1) is 0 Å². The van der Waals surface area contributed by atoms with E-state index < -0.39 is 33.9 Å². The van der Waals surface area contributed by atoms with Gasteiger partial charge >= 0.3 is 5.97 Å². The summed E-state index contributed by atoms with van der Waals surface area (Å²) < 4.78 is 28.2. The largest absolute Gasteiger partial charge is 0.455 e. The molecule has 148 valence electrons. The molecule has 0 aliphatic carbocycles. The van der Waals surface area contributed by atoms with E-state index in [0.717, 1.165) is 16.7 Å². The Balaban J connectivity index is 1.47. The van der Waals surface area contributed by atoms with Crippen molar-refractivity contribution in [3.05, 3.63) is 60.2 Å². The molecule has 1 saturated heterocycles. The normalized spacial score (nSPS) is 20.5. The lowest BCUT2D eigenvalue weighted by Crippen LogP contribution is -2.48. The van der Waals surface area contributed by atoms with E-state index in [9.17, 15) is 18.0 Å². The smallest absolute Gasteiger partial charge is 0.310 e. The van der Waals surface area contributed by atoms with Crippen molar-refractivity contribution in [2.45, 2.75) is 25.3 Å². The van der Waals surface area contributed by atoms with Gasteiger partial charge in [0, 0.05) is 0 Å². The predicted octanol–water partition coefficient (Wildman–Crippen LogP) is 2.13. The number of amides is 1. The van der Waals surface area contributed by atoms with E-state index in [1.165, 1.54) is 0 Å². The molecule has 0 radical (unpaired) electrons. The first-order valence-corrected chi connectivity index (χ1v) is 10.9. The number of benzene rings is 2. The molecule has 0 saturated carbocycles. The second-order valence-electron chi connectivity index (χ2n) is 7.35. The van der Waals surface area contributed by atoms with Gasteiger partial charge in [0.2, 0.25) is 0 Å².